The number of carbonyl (C=O) groups is 1. The monoisotopic (exact) mass is 520 g/mol. The van der Waals surface area contributed by atoms with E-state index in [0.29, 0.717) is 28.1 Å². The zero-order chi connectivity index (χ0) is 21.8. The quantitative estimate of drug-likeness (QED) is 0.331. The first kappa shape index (κ1) is 21.4. The summed E-state index contributed by atoms with van der Waals surface area (Å²) in [4.78, 5) is 16.5. The Balaban J connectivity index is 1.33. The summed E-state index contributed by atoms with van der Waals surface area (Å²) in [5.41, 5.74) is 1.01. The molecule has 0 bridgehead atoms. The molecule has 0 saturated heterocycles. The van der Waals surface area contributed by atoms with Crippen LogP contribution in [0.5, 0.6) is 5.75 Å². The first-order valence-electron chi connectivity index (χ1n) is 9.08. The maximum absolute atomic E-state index is 12.4. The Labute approximate surface area is 196 Å². The molecular formula is C21H15BrCl2N4O3. The van der Waals surface area contributed by atoms with Crippen molar-refractivity contribution >= 4 is 51.0 Å². The Hall–Kier alpha value is -2.81. The van der Waals surface area contributed by atoms with Gasteiger partial charge in [0.15, 0.2) is 5.76 Å². The molecule has 0 aliphatic carbocycles. The molecular weight excluding hydrogens is 507 g/mol. The summed E-state index contributed by atoms with van der Waals surface area (Å²) in [5, 5.41) is 8.00. The van der Waals surface area contributed by atoms with Crippen molar-refractivity contribution in [3.63, 3.8) is 0 Å². The van der Waals surface area contributed by atoms with E-state index < -0.39 is 5.91 Å². The number of hydrogen-bond acceptors (Lipinski definition) is 5. The molecule has 0 spiro atoms. The summed E-state index contributed by atoms with van der Waals surface area (Å²) in [6.45, 7) is 0.628. The highest BCUT2D eigenvalue weighted by Crippen LogP contribution is 2.28. The zero-order valence-electron chi connectivity index (χ0n) is 15.9. The van der Waals surface area contributed by atoms with Gasteiger partial charge in [0.2, 0.25) is 5.95 Å². The highest BCUT2D eigenvalue weighted by atomic mass is 79.9. The minimum Gasteiger partial charge on any atom is -0.484 e. The number of furan rings is 1. The van der Waals surface area contributed by atoms with Crippen LogP contribution in [0.25, 0.3) is 0 Å². The van der Waals surface area contributed by atoms with Crippen LogP contribution in [-0.4, -0.2) is 20.7 Å². The third kappa shape index (κ3) is 5.66. The lowest BCUT2D eigenvalue weighted by molar-refractivity contribution is 0.0991. The Morgan fingerprint density at radius 1 is 1.13 bits per heavy atom. The third-order valence-electron chi connectivity index (χ3n) is 4.17. The van der Waals surface area contributed by atoms with Crippen LogP contribution in [0.4, 0.5) is 5.95 Å². The molecule has 2 aromatic heterocycles. The van der Waals surface area contributed by atoms with E-state index in [4.69, 9.17) is 32.4 Å². The van der Waals surface area contributed by atoms with Gasteiger partial charge in [0, 0.05) is 9.50 Å². The molecule has 0 radical (unpaired) electrons. The number of ether oxygens (including phenoxy) is 1. The van der Waals surface area contributed by atoms with Gasteiger partial charge in [0.25, 0.3) is 5.91 Å². The van der Waals surface area contributed by atoms with E-state index in [2.05, 4.69) is 31.3 Å². The van der Waals surface area contributed by atoms with Gasteiger partial charge in [0.05, 0.1) is 11.6 Å². The number of halogens is 3. The molecule has 1 N–H and O–H groups in total. The zero-order valence-corrected chi connectivity index (χ0v) is 19.0. The molecule has 31 heavy (non-hydrogen) atoms. The minimum atomic E-state index is -0.461. The predicted octanol–water partition coefficient (Wildman–Crippen LogP) is 5.82. The van der Waals surface area contributed by atoms with Gasteiger partial charge in [-0.15, -0.1) is 5.10 Å². The summed E-state index contributed by atoms with van der Waals surface area (Å²) in [6, 6.07) is 15.9. The maximum atomic E-state index is 12.4. The van der Waals surface area contributed by atoms with Gasteiger partial charge < -0.3 is 9.15 Å². The third-order valence-corrected chi connectivity index (χ3v) is 5.21. The fourth-order valence-electron chi connectivity index (χ4n) is 2.69. The van der Waals surface area contributed by atoms with E-state index in [-0.39, 0.29) is 18.3 Å². The summed E-state index contributed by atoms with van der Waals surface area (Å²) in [5.74, 6) is 0.828. The molecule has 0 saturated carbocycles. The molecule has 4 rings (SSSR count). The first-order chi connectivity index (χ1) is 15.0. The van der Waals surface area contributed by atoms with Gasteiger partial charge in [-0.3, -0.25) is 10.1 Å². The molecule has 10 heteroatoms. The standard InChI is InChI=1S/C21H15BrCl2N4O3/c22-14-3-7-18(17(24)9-14)30-11-16-6-8-19(31-16)20(29)26-21-25-12-28(27-21)10-13-1-4-15(23)5-2-13/h1-9,12H,10-11H2,(H,26,27,29). The average molecular weight is 522 g/mol. The normalized spacial score (nSPS) is 10.8. The van der Waals surface area contributed by atoms with Crippen LogP contribution in [0, 0.1) is 0 Å². The van der Waals surface area contributed by atoms with Gasteiger partial charge in [-0.05, 0) is 48.0 Å². The molecule has 7 nitrogen and oxygen atoms in total. The molecule has 2 heterocycles. The van der Waals surface area contributed by atoms with Crippen molar-refractivity contribution in [1.29, 1.82) is 0 Å². The summed E-state index contributed by atoms with van der Waals surface area (Å²) in [6.07, 6.45) is 1.54. The second kappa shape index (κ2) is 9.55. The Bertz CT molecular complexity index is 1210. The SMILES string of the molecule is O=C(Nc1ncn(Cc2ccc(Cl)cc2)n1)c1ccc(COc2ccc(Br)cc2Cl)o1. The molecule has 0 fully saturated rings. The fourth-order valence-corrected chi connectivity index (χ4v) is 3.54. The molecule has 0 unspecified atom stereocenters. The van der Waals surface area contributed by atoms with Crippen molar-refractivity contribution < 1.29 is 13.9 Å². The number of rotatable bonds is 7. The topological polar surface area (TPSA) is 82.2 Å². The van der Waals surface area contributed by atoms with Crippen LogP contribution in [0.3, 0.4) is 0 Å². The van der Waals surface area contributed by atoms with Gasteiger partial charge in [0.1, 0.15) is 24.4 Å². The molecule has 158 valence electrons. The summed E-state index contributed by atoms with van der Waals surface area (Å²) >= 11 is 15.4. The van der Waals surface area contributed by atoms with E-state index >= 15 is 0 Å². The van der Waals surface area contributed by atoms with Gasteiger partial charge in [-0.25, -0.2) is 9.67 Å². The van der Waals surface area contributed by atoms with Crippen molar-refractivity contribution in [2.45, 2.75) is 13.2 Å². The Morgan fingerprint density at radius 2 is 1.94 bits per heavy atom. The Morgan fingerprint density at radius 3 is 2.71 bits per heavy atom. The Kier molecular flexibility index (Phi) is 6.60. The molecule has 1 amide bonds. The number of hydrogen-bond donors (Lipinski definition) is 1. The largest absolute Gasteiger partial charge is 0.484 e. The molecule has 2 aromatic carbocycles. The number of aromatic nitrogens is 3. The van der Waals surface area contributed by atoms with Crippen molar-refractivity contribution in [2.24, 2.45) is 0 Å². The van der Waals surface area contributed by atoms with Crippen molar-refractivity contribution in [3.05, 3.63) is 92.5 Å². The van der Waals surface area contributed by atoms with Gasteiger partial charge in [-0.2, -0.15) is 0 Å². The van der Waals surface area contributed by atoms with Gasteiger partial charge >= 0.3 is 0 Å². The second-order valence-corrected chi connectivity index (χ2v) is 8.24. The van der Waals surface area contributed by atoms with E-state index in [1.807, 2.05) is 18.2 Å². The number of anilines is 1. The average Bonchev–Trinajstić information content (AvgIpc) is 3.39. The number of amides is 1. The minimum absolute atomic E-state index is 0.120. The molecule has 0 atom stereocenters. The van der Waals surface area contributed by atoms with E-state index in [1.54, 1.807) is 41.1 Å². The van der Waals surface area contributed by atoms with Crippen LogP contribution < -0.4 is 10.1 Å². The highest BCUT2D eigenvalue weighted by molar-refractivity contribution is 9.10. The van der Waals surface area contributed by atoms with Crippen LogP contribution in [0.2, 0.25) is 10.0 Å². The predicted molar refractivity (Wildman–Crippen MR) is 121 cm³/mol. The lowest BCUT2D eigenvalue weighted by atomic mass is 10.2. The summed E-state index contributed by atoms with van der Waals surface area (Å²) < 4.78 is 13.7. The number of nitrogens with zero attached hydrogens (tertiary/aromatic N) is 3. The van der Waals surface area contributed by atoms with Crippen LogP contribution in [0.1, 0.15) is 21.9 Å². The summed E-state index contributed by atoms with van der Waals surface area (Å²) in [7, 11) is 0. The van der Waals surface area contributed by atoms with E-state index in [9.17, 15) is 4.79 Å². The van der Waals surface area contributed by atoms with E-state index in [0.717, 1.165) is 10.0 Å². The second-order valence-electron chi connectivity index (χ2n) is 6.48. The van der Waals surface area contributed by atoms with Crippen LogP contribution in [-0.2, 0) is 13.2 Å². The number of benzene rings is 2. The highest BCUT2D eigenvalue weighted by Gasteiger charge is 2.14. The van der Waals surface area contributed by atoms with Crippen molar-refractivity contribution in [2.75, 3.05) is 5.32 Å². The maximum Gasteiger partial charge on any atom is 0.293 e. The molecule has 0 aliphatic rings. The number of nitrogens with one attached hydrogen (secondary N) is 1. The smallest absolute Gasteiger partial charge is 0.293 e. The van der Waals surface area contributed by atoms with Gasteiger partial charge in [-0.1, -0.05) is 51.3 Å². The fraction of sp³-hybridized carbons (Fsp3) is 0.0952. The molecule has 4 aromatic rings. The van der Waals surface area contributed by atoms with Crippen LogP contribution in [0.15, 0.2) is 69.8 Å². The lowest BCUT2D eigenvalue weighted by Crippen LogP contribution is -2.12. The first-order valence-corrected chi connectivity index (χ1v) is 10.6. The van der Waals surface area contributed by atoms with Crippen molar-refractivity contribution in [3.8, 4) is 5.75 Å². The molecule has 0 aliphatic heterocycles. The number of carbonyl (C=O) groups excluding carboxylic acids is 1. The van der Waals surface area contributed by atoms with Crippen LogP contribution >= 0.6 is 39.1 Å². The van der Waals surface area contributed by atoms with E-state index in [1.165, 1.54) is 6.33 Å². The van der Waals surface area contributed by atoms with Crippen molar-refractivity contribution in [1.82, 2.24) is 14.8 Å². The lowest BCUT2D eigenvalue weighted by Gasteiger charge is -2.06.